The molecule has 0 saturated heterocycles. The molecular weight excluding hydrogens is 369 g/mol. The molecule has 21 heavy (non-hydrogen) atoms. The van der Waals surface area contributed by atoms with Crippen LogP contribution in [0.5, 0.6) is 0 Å². The molecule has 114 valence electrons. The summed E-state index contributed by atoms with van der Waals surface area (Å²) in [5.41, 5.74) is 0. The minimum atomic E-state index is -0.166. The van der Waals surface area contributed by atoms with Crippen molar-refractivity contribution in [2.24, 2.45) is 0 Å². The highest BCUT2D eigenvalue weighted by Gasteiger charge is 2.11. The van der Waals surface area contributed by atoms with Gasteiger partial charge in [-0.3, -0.25) is 0 Å². The van der Waals surface area contributed by atoms with Crippen molar-refractivity contribution < 1.29 is 4.39 Å². The van der Waals surface area contributed by atoms with Crippen molar-refractivity contribution >= 4 is 39.0 Å². The maximum atomic E-state index is 13.2. The molecule has 1 unspecified atom stereocenters. The topological polar surface area (TPSA) is 12.0 Å². The average molecular weight is 388 g/mol. The molecule has 1 aromatic heterocycles. The van der Waals surface area contributed by atoms with Crippen LogP contribution < -0.4 is 5.32 Å². The van der Waals surface area contributed by atoms with Crippen molar-refractivity contribution in [3.63, 3.8) is 0 Å². The van der Waals surface area contributed by atoms with Crippen molar-refractivity contribution in [3.8, 4) is 0 Å². The van der Waals surface area contributed by atoms with Crippen LogP contribution in [0.25, 0.3) is 0 Å². The number of halogens is 2. The summed E-state index contributed by atoms with van der Waals surface area (Å²) in [6.07, 6.45) is 2.13. The van der Waals surface area contributed by atoms with Crippen molar-refractivity contribution in [2.45, 2.75) is 30.7 Å². The van der Waals surface area contributed by atoms with E-state index in [0.717, 1.165) is 30.0 Å². The van der Waals surface area contributed by atoms with Gasteiger partial charge in [-0.1, -0.05) is 13.0 Å². The van der Waals surface area contributed by atoms with Gasteiger partial charge < -0.3 is 5.32 Å². The van der Waals surface area contributed by atoms with E-state index in [9.17, 15) is 4.39 Å². The molecular formula is C16H19BrFNS2. The fourth-order valence-electron chi connectivity index (χ4n) is 2.00. The molecule has 1 atom stereocenters. The predicted octanol–water partition coefficient (Wildman–Crippen LogP) is 5.35. The maximum absolute atomic E-state index is 13.2. The SMILES string of the molecule is CCCNC(CSc1cccc(F)c1)Cc1ccc(Br)s1. The second-order valence-corrected chi connectivity index (χ2v) is 8.47. The average Bonchev–Trinajstić information content (AvgIpc) is 2.87. The predicted molar refractivity (Wildman–Crippen MR) is 94.9 cm³/mol. The zero-order valence-electron chi connectivity index (χ0n) is 11.9. The van der Waals surface area contributed by atoms with Gasteiger partial charge in [0.2, 0.25) is 0 Å². The van der Waals surface area contributed by atoms with Crippen LogP contribution in [0.1, 0.15) is 18.2 Å². The zero-order valence-corrected chi connectivity index (χ0v) is 15.2. The summed E-state index contributed by atoms with van der Waals surface area (Å²) in [6, 6.07) is 11.5. The number of hydrogen-bond acceptors (Lipinski definition) is 3. The van der Waals surface area contributed by atoms with Gasteiger partial charge in [0.05, 0.1) is 3.79 Å². The van der Waals surface area contributed by atoms with E-state index in [1.165, 1.54) is 14.7 Å². The summed E-state index contributed by atoms with van der Waals surface area (Å²) >= 11 is 7.00. The second-order valence-electron chi connectivity index (χ2n) is 4.83. The molecule has 0 aliphatic heterocycles. The van der Waals surface area contributed by atoms with Crippen molar-refractivity contribution in [1.29, 1.82) is 0 Å². The van der Waals surface area contributed by atoms with E-state index in [1.807, 2.05) is 6.07 Å². The van der Waals surface area contributed by atoms with E-state index in [4.69, 9.17) is 0 Å². The molecule has 0 spiro atoms. The summed E-state index contributed by atoms with van der Waals surface area (Å²) in [4.78, 5) is 2.36. The van der Waals surface area contributed by atoms with Crippen LogP contribution in [-0.2, 0) is 6.42 Å². The highest BCUT2D eigenvalue weighted by molar-refractivity contribution is 9.11. The van der Waals surface area contributed by atoms with Gasteiger partial charge in [0.1, 0.15) is 5.82 Å². The molecule has 0 fully saturated rings. The van der Waals surface area contributed by atoms with Crippen LogP contribution in [0.4, 0.5) is 4.39 Å². The lowest BCUT2D eigenvalue weighted by atomic mass is 10.2. The fraction of sp³-hybridized carbons (Fsp3) is 0.375. The van der Waals surface area contributed by atoms with Gasteiger partial charge in [0, 0.05) is 21.6 Å². The van der Waals surface area contributed by atoms with Crippen molar-refractivity contribution in [1.82, 2.24) is 5.32 Å². The van der Waals surface area contributed by atoms with E-state index in [1.54, 1.807) is 35.2 Å². The van der Waals surface area contributed by atoms with Gasteiger partial charge in [-0.05, 0) is 65.6 Å². The van der Waals surface area contributed by atoms with Crippen LogP contribution in [-0.4, -0.2) is 18.3 Å². The third kappa shape index (κ3) is 6.10. The summed E-state index contributed by atoms with van der Waals surface area (Å²) < 4.78 is 14.4. The number of benzene rings is 1. The molecule has 0 radical (unpaired) electrons. The van der Waals surface area contributed by atoms with Crippen molar-refractivity contribution in [3.05, 3.63) is 50.9 Å². The number of hydrogen-bond donors (Lipinski definition) is 1. The molecule has 1 aromatic carbocycles. The van der Waals surface area contributed by atoms with Crippen molar-refractivity contribution in [2.75, 3.05) is 12.3 Å². The molecule has 1 N–H and O–H groups in total. The third-order valence-corrected chi connectivity index (χ3v) is 5.81. The minimum Gasteiger partial charge on any atom is -0.313 e. The first-order valence-electron chi connectivity index (χ1n) is 7.03. The Hall–Kier alpha value is -0.360. The van der Waals surface area contributed by atoms with Crippen LogP contribution in [0.15, 0.2) is 45.1 Å². The van der Waals surface area contributed by atoms with Gasteiger partial charge in [-0.15, -0.1) is 23.1 Å². The smallest absolute Gasteiger partial charge is 0.124 e. The Morgan fingerprint density at radius 1 is 1.33 bits per heavy atom. The third-order valence-electron chi connectivity index (χ3n) is 3.01. The first-order valence-corrected chi connectivity index (χ1v) is 9.63. The molecule has 5 heteroatoms. The quantitative estimate of drug-likeness (QED) is 0.612. The molecule has 0 amide bonds. The van der Waals surface area contributed by atoms with Crippen LogP contribution in [0.2, 0.25) is 0 Å². The van der Waals surface area contributed by atoms with E-state index in [2.05, 4.69) is 40.3 Å². The zero-order chi connectivity index (χ0) is 15.1. The number of thioether (sulfide) groups is 1. The van der Waals surface area contributed by atoms with Crippen LogP contribution in [0.3, 0.4) is 0 Å². The normalized spacial score (nSPS) is 12.5. The van der Waals surface area contributed by atoms with E-state index in [0.29, 0.717) is 6.04 Å². The van der Waals surface area contributed by atoms with E-state index < -0.39 is 0 Å². The summed E-state index contributed by atoms with van der Waals surface area (Å²) in [5.74, 6) is 0.777. The maximum Gasteiger partial charge on any atom is 0.124 e. The molecule has 0 saturated carbocycles. The Labute approximate surface area is 142 Å². The highest BCUT2D eigenvalue weighted by atomic mass is 79.9. The summed E-state index contributed by atoms with van der Waals surface area (Å²) in [6.45, 7) is 3.19. The number of nitrogens with one attached hydrogen (secondary N) is 1. The van der Waals surface area contributed by atoms with Gasteiger partial charge in [-0.25, -0.2) is 4.39 Å². The lowest BCUT2D eigenvalue weighted by Crippen LogP contribution is -2.33. The fourth-order valence-corrected chi connectivity index (χ4v) is 4.56. The Balaban J connectivity index is 1.92. The van der Waals surface area contributed by atoms with Crippen LogP contribution in [0, 0.1) is 5.82 Å². The highest BCUT2D eigenvalue weighted by Crippen LogP contribution is 2.25. The Morgan fingerprint density at radius 2 is 2.19 bits per heavy atom. The number of thiophene rings is 1. The lowest BCUT2D eigenvalue weighted by Gasteiger charge is -2.17. The minimum absolute atomic E-state index is 0.166. The van der Waals surface area contributed by atoms with Gasteiger partial charge in [0.25, 0.3) is 0 Å². The number of rotatable bonds is 8. The molecule has 0 bridgehead atoms. The Morgan fingerprint density at radius 3 is 2.86 bits per heavy atom. The summed E-state index contributed by atoms with van der Waals surface area (Å²) in [5, 5.41) is 3.59. The molecule has 0 aliphatic rings. The van der Waals surface area contributed by atoms with E-state index >= 15 is 0 Å². The summed E-state index contributed by atoms with van der Waals surface area (Å²) in [7, 11) is 0. The van der Waals surface area contributed by atoms with Gasteiger partial charge in [-0.2, -0.15) is 0 Å². The molecule has 0 aliphatic carbocycles. The monoisotopic (exact) mass is 387 g/mol. The standard InChI is InChI=1S/C16H19BrFNS2/c1-2-8-19-13(10-15-6-7-16(17)21-15)11-20-14-5-3-4-12(18)9-14/h3-7,9,13,19H,2,8,10-11H2,1H3. The Bertz CT molecular complexity index is 559. The van der Waals surface area contributed by atoms with Crippen LogP contribution >= 0.6 is 39.0 Å². The first-order chi connectivity index (χ1) is 10.2. The Kier molecular flexibility index (Phi) is 7.23. The van der Waals surface area contributed by atoms with Gasteiger partial charge >= 0.3 is 0 Å². The molecule has 1 heterocycles. The van der Waals surface area contributed by atoms with E-state index in [-0.39, 0.29) is 5.82 Å². The first kappa shape index (κ1) is 17.0. The second kappa shape index (κ2) is 8.93. The molecule has 2 rings (SSSR count). The van der Waals surface area contributed by atoms with Gasteiger partial charge in [0.15, 0.2) is 0 Å². The molecule has 1 nitrogen and oxygen atoms in total. The largest absolute Gasteiger partial charge is 0.313 e. The molecule has 2 aromatic rings. The lowest BCUT2D eigenvalue weighted by molar-refractivity contribution is 0.553.